The number of nitrogens with zero attached hydrogens (tertiary/aromatic N) is 1. The first-order chi connectivity index (χ1) is 15.4. The van der Waals surface area contributed by atoms with Crippen LogP contribution < -0.4 is 0 Å². The molecule has 0 aliphatic carbocycles. The maximum absolute atomic E-state index is 4.07. The third-order valence-electron chi connectivity index (χ3n) is 5.43. The number of nitrogens with one attached hydrogen (secondary N) is 1. The summed E-state index contributed by atoms with van der Waals surface area (Å²) in [5, 5.41) is 0. The third-order valence-corrected chi connectivity index (χ3v) is 5.43. The van der Waals surface area contributed by atoms with Gasteiger partial charge in [-0.3, -0.25) is 4.90 Å². The maximum atomic E-state index is 4.07. The summed E-state index contributed by atoms with van der Waals surface area (Å²) in [5.74, 6) is 0. The van der Waals surface area contributed by atoms with Crippen LogP contribution in [0, 0.1) is 0 Å². The Morgan fingerprint density at radius 3 is 2.31 bits per heavy atom. The lowest BCUT2D eigenvalue weighted by molar-refractivity contribution is 0.265. The van der Waals surface area contributed by atoms with Crippen molar-refractivity contribution in [1.82, 2.24) is 9.88 Å². The molecule has 32 heavy (non-hydrogen) atoms. The van der Waals surface area contributed by atoms with Gasteiger partial charge in [-0.15, -0.1) is 6.58 Å². The van der Waals surface area contributed by atoms with Crippen molar-refractivity contribution in [3.63, 3.8) is 0 Å². The van der Waals surface area contributed by atoms with Crippen molar-refractivity contribution in [2.45, 2.75) is 53.5 Å². The van der Waals surface area contributed by atoms with Gasteiger partial charge in [0.15, 0.2) is 0 Å². The molecule has 1 heterocycles. The molecule has 1 N–H and O–H groups in total. The molecular weight excluding hydrogens is 388 g/mol. The van der Waals surface area contributed by atoms with Gasteiger partial charge in [-0.25, -0.2) is 0 Å². The Balaban J connectivity index is 2.10. The average Bonchev–Trinajstić information content (AvgIpc) is 3.13. The number of aromatic amines is 1. The standard InChI is InChI=1S/C30H40N2/c1-7-10-29-28(22-31-30(29)11-8-2)19-21-32(20-9-12-24(3)4)23-27-17-15-26(16-18-27)14-13-25(5)6/h7-8,10-11,13-18,22,31H,3,5,9,12,19-21,23H2,1-2,4,6H3/b10-7-,11-8-,14-13+. The van der Waals surface area contributed by atoms with E-state index in [4.69, 9.17) is 0 Å². The van der Waals surface area contributed by atoms with E-state index in [-0.39, 0.29) is 0 Å². The highest BCUT2D eigenvalue weighted by Gasteiger charge is 2.11. The molecule has 2 nitrogen and oxygen atoms in total. The van der Waals surface area contributed by atoms with Crippen molar-refractivity contribution < 1.29 is 0 Å². The molecule has 0 atom stereocenters. The molecule has 1 aromatic heterocycles. The minimum atomic E-state index is 0.964. The SMILES string of the molecule is C=C(C)/C=C/c1ccc(CN(CCCC(=C)C)CCc2c[nH]c(/C=C\C)c2/C=C\C)cc1. The Bertz CT molecular complexity index is 951. The van der Waals surface area contributed by atoms with Gasteiger partial charge in [0.2, 0.25) is 0 Å². The molecule has 2 rings (SSSR count). The summed E-state index contributed by atoms with van der Waals surface area (Å²) in [7, 11) is 0. The van der Waals surface area contributed by atoms with Gasteiger partial charge >= 0.3 is 0 Å². The highest BCUT2D eigenvalue weighted by molar-refractivity contribution is 5.65. The largest absolute Gasteiger partial charge is 0.361 e. The predicted molar refractivity (Wildman–Crippen MR) is 144 cm³/mol. The first-order valence-electron chi connectivity index (χ1n) is 11.7. The van der Waals surface area contributed by atoms with Crippen LogP contribution in [0.4, 0.5) is 0 Å². The Kier molecular flexibility index (Phi) is 10.8. The Hall–Kier alpha value is -2.84. The second kappa shape index (κ2) is 13.5. The molecular formula is C30H40N2. The summed E-state index contributed by atoms with van der Waals surface area (Å²) in [5.41, 5.74) is 8.76. The van der Waals surface area contributed by atoms with Gasteiger partial charge in [-0.05, 0) is 76.3 Å². The second-order valence-electron chi connectivity index (χ2n) is 8.65. The van der Waals surface area contributed by atoms with Crippen molar-refractivity contribution in [2.75, 3.05) is 13.1 Å². The monoisotopic (exact) mass is 428 g/mol. The van der Waals surface area contributed by atoms with E-state index in [0.29, 0.717) is 0 Å². The van der Waals surface area contributed by atoms with Crippen LogP contribution in [0.5, 0.6) is 0 Å². The lowest BCUT2D eigenvalue weighted by Gasteiger charge is -2.23. The van der Waals surface area contributed by atoms with Crippen LogP contribution in [0.3, 0.4) is 0 Å². The molecule has 0 aliphatic heterocycles. The lowest BCUT2D eigenvalue weighted by atomic mass is 10.1. The third kappa shape index (κ3) is 8.72. The van der Waals surface area contributed by atoms with E-state index in [1.54, 1.807) is 0 Å². The molecule has 0 amide bonds. The van der Waals surface area contributed by atoms with E-state index in [9.17, 15) is 0 Å². The minimum absolute atomic E-state index is 0.964. The fourth-order valence-corrected chi connectivity index (χ4v) is 3.75. The molecule has 0 aliphatic rings. The Labute approximate surface area is 195 Å². The van der Waals surface area contributed by atoms with E-state index in [2.05, 4.69) is 111 Å². The van der Waals surface area contributed by atoms with Crippen LogP contribution in [0.2, 0.25) is 0 Å². The van der Waals surface area contributed by atoms with Gasteiger partial charge in [0.1, 0.15) is 0 Å². The van der Waals surface area contributed by atoms with Crippen molar-refractivity contribution in [3.8, 4) is 0 Å². The van der Waals surface area contributed by atoms with Crippen molar-refractivity contribution in [1.29, 1.82) is 0 Å². The van der Waals surface area contributed by atoms with Crippen LogP contribution in [-0.2, 0) is 13.0 Å². The highest BCUT2D eigenvalue weighted by Crippen LogP contribution is 2.20. The summed E-state index contributed by atoms with van der Waals surface area (Å²) in [6.45, 7) is 19.4. The summed E-state index contributed by atoms with van der Waals surface area (Å²) in [4.78, 5) is 6.01. The number of rotatable bonds is 13. The highest BCUT2D eigenvalue weighted by atomic mass is 15.1. The van der Waals surface area contributed by atoms with E-state index >= 15 is 0 Å². The molecule has 170 valence electrons. The molecule has 0 fully saturated rings. The molecule has 0 saturated carbocycles. The van der Waals surface area contributed by atoms with Crippen molar-refractivity contribution >= 4 is 18.2 Å². The topological polar surface area (TPSA) is 19.0 Å². The predicted octanol–water partition coefficient (Wildman–Crippen LogP) is 8.07. The number of aromatic nitrogens is 1. The van der Waals surface area contributed by atoms with Crippen molar-refractivity contribution in [2.24, 2.45) is 0 Å². The van der Waals surface area contributed by atoms with Crippen LogP contribution in [0.15, 0.2) is 73.0 Å². The van der Waals surface area contributed by atoms with Crippen LogP contribution in [0.1, 0.15) is 68.5 Å². The van der Waals surface area contributed by atoms with Crippen LogP contribution in [0.25, 0.3) is 18.2 Å². The number of hydrogen-bond acceptors (Lipinski definition) is 1. The van der Waals surface area contributed by atoms with Gasteiger partial charge in [-0.2, -0.15) is 0 Å². The molecule has 1 aromatic carbocycles. The Morgan fingerprint density at radius 1 is 0.969 bits per heavy atom. The first-order valence-corrected chi connectivity index (χ1v) is 11.7. The summed E-state index contributed by atoms with van der Waals surface area (Å²) < 4.78 is 0. The van der Waals surface area contributed by atoms with Gasteiger partial charge < -0.3 is 4.98 Å². The average molecular weight is 429 g/mol. The lowest BCUT2D eigenvalue weighted by Crippen LogP contribution is -2.27. The van der Waals surface area contributed by atoms with Gasteiger partial charge in [0.25, 0.3) is 0 Å². The summed E-state index contributed by atoms with van der Waals surface area (Å²) in [6, 6.07) is 8.88. The van der Waals surface area contributed by atoms with Gasteiger partial charge in [-0.1, -0.05) is 72.4 Å². The molecule has 0 saturated heterocycles. The zero-order valence-electron chi connectivity index (χ0n) is 20.5. The first kappa shape index (κ1) is 25.4. The maximum Gasteiger partial charge on any atom is 0.0453 e. The quantitative estimate of drug-likeness (QED) is 0.252. The van der Waals surface area contributed by atoms with Gasteiger partial charge in [0, 0.05) is 30.5 Å². The number of allylic oxidation sites excluding steroid dienone is 5. The number of hydrogen-bond donors (Lipinski definition) is 1. The smallest absolute Gasteiger partial charge is 0.0453 e. The molecule has 0 radical (unpaired) electrons. The Morgan fingerprint density at radius 2 is 1.69 bits per heavy atom. The zero-order valence-corrected chi connectivity index (χ0v) is 20.5. The number of benzene rings is 1. The molecule has 2 heteroatoms. The summed E-state index contributed by atoms with van der Waals surface area (Å²) >= 11 is 0. The molecule has 0 spiro atoms. The molecule has 0 bridgehead atoms. The minimum Gasteiger partial charge on any atom is -0.361 e. The van der Waals surface area contributed by atoms with E-state index in [0.717, 1.165) is 44.5 Å². The molecule has 2 aromatic rings. The van der Waals surface area contributed by atoms with E-state index in [1.165, 1.54) is 33.5 Å². The zero-order chi connectivity index (χ0) is 23.3. The number of H-pyrrole nitrogens is 1. The van der Waals surface area contributed by atoms with E-state index in [1.807, 2.05) is 6.92 Å². The fraction of sp³-hybridized carbons (Fsp3) is 0.333. The van der Waals surface area contributed by atoms with Crippen LogP contribution >= 0.6 is 0 Å². The second-order valence-corrected chi connectivity index (χ2v) is 8.65. The fourth-order valence-electron chi connectivity index (χ4n) is 3.75. The molecule has 0 unspecified atom stereocenters. The van der Waals surface area contributed by atoms with Crippen LogP contribution in [-0.4, -0.2) is 23.0 Å². The normalized spacial score (nSPS) is 12.0. The van der Waals surface area contributed by atoms with E-state index < -0.39 is 0 Å². The van der Waals surface area contributed by atoms with Crippen molar-refractivity contribution in [3.05, 3.63) is 101 Å². The summed E-state index contributed by atoms with van der Waals surface area (Å²) in [6.07, 6.45) is 18.2. The van der Waals surface area contributed by atoms with Gasteiger partial charge in [0.05, 0.1) is 0 Å².